The fourth-order valence-electron chi connectivity index (χ4n) is 4.13. The number of hydrogen-bond donors (Lipinski definition) is 0. The molecule has 0 aliphatic carbocycles. The minimum absolute atomic E-state index is 0.0293. The van der Waals surface area contributed by atoms with Gasteiger partial charge < -0.3 is 9.47 Å². The van der Waals surface area contributed by atoms with Gasteiger partial charge in [0.2, 0.25) is 0 Å². The molecule has 170 valence electrons. The van der Waals surface area contributed by atoms with Crippen molar-refractivity contribution >= 4 is 0 Å². The van der Waals surface area contributed by atoms with E-state index in [-0.39, 0.29) is 23.1 Å². The number of rotatable bonds is 10. The van der Waals surface area contributed by atoms with Crippen LogP contribution in [0.4, 0.5) is 13.2 Å². The van der Waals surface area contributed by atoms with Crippen LogP contribution in [0.2, 0.25) is 0 Å². The molecule has 0 N–H and O–H groups in total. The molecule has 1 saturated heterocycles. The molecular formula is C26H33F3O2. The van der Waals surface area contributed by atoms with Gasteiger partial charge in [0.25, 0.3) is 0 Å². The maximum Gasteiger partial charge on any atom is 0.167 e. The molecule has 2 atom stereocenters. The Morgan fingerprint density at radius 2 is 1.68 bits per heavy atom. The van der Waals surface area contributed by atoms with Gasteiger partial charge >= 0.3 is 0 Å². The largest absolute Gasteiger partial charge is 0.493 e. The molecule has 0 saturated carbocycles. The zero-order valence-corrected chi connectivity index (χ0v) is 18.6. The topological polar surface area (TPSA) is 18.5 Å². The van der Waals surface area contributed by atoms with Crippen LogP contribution < -0.4 is 4.74 Å². The van der Waals surface area contributed by atoms with Crippen LogP contribution in [-0.2, 0) is 4.74 Å². The normalized spacial score (nSPS) is 18.9. The maximum atomic E-state index is 14.9. The van der Waals surface area contributed by atoms with Gasteiger partial charge in [0.15, 0.2) is 11.6 Å². The van der Waals surface area contributed by atoms with Crippen molar-refractivity contribution in [1.82, 2.24) is 0 Å². The summed E-state index contributed by atoms with van der Waals surface area (Å²) in [6.45, 7) is 5.10. The van der Waals surface area contributed by atoms with Gasteiger partial charge in [-0.25, -0.2) is 13.2 Å². The zero-order valence-electron chi connectivity index (χ0n) is 18.6. The highest BCUT2D eigenvalue weighted by atomic mass is 19.2. The van der Waals surface area contributed by atoms with E-state index in [1.54, 1.807) is 12.1 Å². The molecule has 2 nitrogen and oxygen atoms in total. The van der Waals surface area contributed by atoms with Crippen molar-refractivity contribution in [3.8, 4) is 16.9 Å². The van der Waals surface area contributed by atoms with Crippen LogP contribution in [0.3, 0.4) is 0 Å². The first-order valence-electron chi connectivity index (χ1n) is 11.6. The molecule has 1 aliphatic heterocycles. The third-order valence-corrected chi connectivity index (χ3v) is 6.05. The molecule has 2 unspecified atom stereocenters. The monoisotopic (exact) mass is 434 g/mol. The van der Waals surface area contributed by atoms with Gasteiger partial charge in [-0.05, 0) is 43.4 Å². The summed E-state index contributed by atoms with van der Waals surface area (Å²) in [6.07, 6.45) is 8.19. The number of halogens is 3. The molecule has 2 aromatic rings. The minimum Gasteiger partial charge on any atom is -0.493 e. The van der Waals surface area contributed by atoms with Crippen LogP contribution in [-0.4, -0.2) is 19.3 Å². The lowest BCUT2D eigenvalue weighted by Crippen LogP contribution is -2.25. The Morgan fingerprint density at radius 3 is 2.35 bits per heavy atom. The van der Waals surface area contributed by atoms with E-state index in [2.05, 4.69) is 6.92 Å². The Bertz CT molecular complexity index is 845. The third-order valence-electron chi connectivity index (χ3n) is 6.05. The molecule has 0 amide bonds. The highest BCUT2D eigenvalue weighted by molar-refractivity contribution is 5.66. The Labute approximate surface area is 183 Å². The van der Waals surface area contributed by atoms with Gasteiger partial charge in [0.05, 0.1) is 19.3 Å². The molecule has 5 heteroatoms. The van der Waals surface area contributed by atoms with E-state index in [9.17, 15) is 13.2 Å². The summed E-state index contributed by atoms with van der Waals surface area (Å²) in [5.74, 6) is -2.33. The van der Waals surface area contributed by atoms with E-state index in [1.807, 2.05) is 6.92 Å². The number of benzene rings is 2. The lowest BCUT2D eigenvalue weighted by atomic mass is 9.88. The average molecular weight is 435 g/mol. The molecule has 3 rings (SSSR count). The standard InChI is InChI=1S/C26H33F3O2/c1-3-5-7-8-19-10-9-18(17-31-19)21-13-14-23(26(29)25(21)28)22-12-11-20(16-24(22)27)30-15-6-4-2/h11-14,16,18-19H,3-10,15,17H2,1-2H3. The van der Waals surface area contributed by atoms with E-state index in [0.717, 1.165) is 38.5 Å². The SMILES string of the molecule is CCCCCC1CCC(c2ccc(-c3ccc(OCCCC)cc3F)c(F)c2F)CO1. The molecule has 0 spiro atoms. The fraction of sp³-hybridized carbons (Fsp3) is 0.538. The number of ether oxygens (including phenoxy) is 2. The molecule has 1 fully saturated rings. The summed E-state index contributed by atoms with van der Waals surface area (Å²) in [7, 11) is 0. The summed E-state index contributed by atoms with van der Waals surface area (Å²) < 4.78 is 55.8. The summed E-state index contributed by atoms with van der Waals surface area (Å²) in [5.41, 5.74) is 0.267. The molecule has 1 aliphatic rings. The van der Waals surface area contributed by atoms with Crippen LogP contribution in [0.1, 0.15) is 76.7 Å². The first-order valence-corrected chi connectivity index (χ1v) is 11.6. The third kappa shape index (κ3) is 6.03. The van der Waals surface area contributed by atoms with Crippen molar-refractivity contribution < 1.29 is 22.6 Å². The van der Waals surface area contributed by atoms with E-state index in [4.69, 9.17) is 9.47 Å². The van der Waals surface area contributed by atoms with E-state index < -0.39 is 17.5 Å². The Hall–Kier alpha value is -2.01. The van der Waals surface area contributed by atoms with Crippen molar-refractivity contribution in [2.24, 2.45) is 0 Å². The van der Waals surface area contributed by atoms with Gasteiger partial charge in [-0.3, -0.25) is 0 Å². The van der Waals surface area contributed by atoms with Crippen LogP contribution in [0.5, 0.6) is 5.75 Å². The molecule has 1 heterocycles. The van der Waals surface area contributed by atoms with Crippen molar-refractivity contribution in [2.45, 2.75) is 77.2 Å². The first-order chi connectivity index (χ1) is 15.0. The van der Waals surface area contributed by atoms with Crippen molar-refractivity contribution in [3.05, 3.63) is 53.3 Å². The summed E-state index contributed by atoms with van der Waals surface area (Å²) in [6, 6.07) is 7.30. The predicted molar refractivity (Wildman–Crippen MR) is 118 cm³/mol. The van der Waals surface area contributed by atoms with Gasteiger partial charge in [-0.15, -0.1) is 0 Å². The van der Waals surface area contributed by atoms with Crippen LogP contribution >= 0.6 is 0 Å². The van der Waals surface area contributed by atoms with E-state index in [0.29, 0.717) is 24.5 Å². The second kappa shape index (κ2) is 11.6. The molecule has 31 heavy (non-hydrogen) atoms. The van der Waals surface area contributed by atoms with Crippen LogP contribution in [0, 0.1) is 17.5 Å². The van der Waals surface area contributed by atoms with Crippen molar-refractivity contribution in [2.75, 3.05) is 13.2 Å². The Kier molecular flexibility index (Phi) is 8.82. The van der Waals surface area contributed by atoms with E-state index in [1.165, 1.54) is 31.0 Å². The second-order valence-corrected chi connectivity index (χ2v) is 8.40. The van der Waals surface area contributed by atoms with Gasteiger partial charge in [-0.2, -0.15) is 0 Å². The van der Waals surface area contributed by atoms with Crippen LogP contribution in [0.15, 0.2) is 30.3 Å². The smallest absolute Gasteiger partial charge is 0.167 e. The lowest BCUT2D eigenvalue weighted by Gasteiger charge is -2.30. The molecular weight excluding hydrogens is 401 g/mol. The molecule has 2 aromatic carbocycles. The fourth-order valence-corrected chi connectivity index (χ4v) is 4.13. The van der Waals surface area contributed by atoms with Gasteiger partial charge in [0.1, 0.15) is 11.6 Å². The zero-order chi connectivity index (χ0) is 22.2. The van der Waals surface area contributed by atoms with E-state index >= 15 is 0 Å². The average Bonchev–Trinajstić information content (AvgIpc) is 2.77. The molecule has 0 bridgehead atoms. The highest BCUT2D eigenvalue weighted by Gasteiger charge is 2.27. The minimum atomic E-state index is -1.01. The quantitative estimate of drug-likeness (QED) is 0.355. The lowest BCUT2D eigenvalue weighted by molar-refractivity contribution is -0.00277. The van der Waals surface area contributed by atoms with Crippen LogP contribution in [0.25, 0.3) is 11.1 Å². The molecule has 0 aromatic heterocycles. The Balaban J connectivity index is 1.70. The summed E-state index contributed by atoms with van der Waals surface area (Å²) in [5, 5.41) is 0. The second-order valence-electron chi connectivity index (χ2n) is 8.40. The number of unbranched alkanes of at least 4 members (excludes halogenated alkanes) is 3. The maximum absolute atomic E-state index is 14.9. The van der Waals surface area contributed by atoms with Crippen molar-refractivity contribution in [1.29, 1.82) is 0 Å². The summed E-state index contributed by atoms with van der Waals surface area (Å²) >= 11 is 0. The summed E-state index contributed by atoms with van der Waals surface area (Å²) in [4.78, 5) is 0. The first kappa shape index (κ1) is 23.6. The molecule has 0 radical (unpaired) electrons. The van der Waals surface area contributed by atoms with Crippen molar-refractivity contribution in [3.63, 3.8) is 0 Å². The van der Waals surface area contributed by atoms with Gasteiger partial charge in [0, 0.05) is 23.1 Å². The Morgan fingerprint density at radius 1 is 0.903 bits per heavy atom. The highest BCUT2D eigenvalue weighted by Crippen LogP contribution is 2.36. The van der Waals surface area contributed by atoms with Gasteiger partial charge in [-0.1, -0.05) is 51.7 Å². The predicted octanol–water partition coefficient (Wildman–Crippen LogP) is 7.79. The number of hydrogen-bond acceptors (Lipinski definition) is 2.